The normalized spacial score (nSPS) is 11.5. The zero-order valence-corrected chi connectivity index (χ0v) is 13.3. The third-order valence-corrected chi connectivity index (χ3v) is 4.87. The summed E-state index contributed by atoms with van der Waals surface area (Å²) in [5, 5.41) is 13.9. The van der Waals surface area contributed by atoms with Crippen molar-refractivity contribution in [2.75, 3.05) is 18.9 Å². The van der Waals surface area contributed by atoms with Gasteiger partial charge in [-0.1, -0.05) is 19.9 Å². The fourth-order valence-corrected chi connectivity index (χ4v) is 3.37. The molecule has 108 valence electrons. The predicted octanol–water partition coefficient (Wildman–Crippen LogP) is 2.90. The van der Waals surface area contributed by atoms with E-state index in [-0.39, 0.29) is 17.9 Å². The lowest BCUT2D eigenvalue weighted by molar-refractivity contribution is -0.119. The van der Waals surface area contributed by atoms with E-state index in [1.807, 2.05) is 6.07 Å². The molecule has 2 N–H and O–H groups in total. The summed E-state index contributed by atoms with van der Waals surface area (Å²) in [7, 11) is 0. The lowest BCUT2D eigenvalue weighted by atomic mass is 9.88. The number of rotatable bonds is 9. The summed E-state index contributed by atoms with van der Waals surface area (Å²) in [5.41, 5.74) is 0.0524. The van der Waals surface area contributed by atoms with Crippen molar-refractivity contribution in [2.24, 2.45) is 5.41 Å². The van der Waals surface area contributed by atoms with E-state index >= 15 is 0 Å². The van der Waals surface area contributed by atoms with Crippen LogP contribution in [0.1, 0.15) is 31.6 Å². The van der Waals surface area contributed by atoms with Crippen LogP contribution < -0.4 is 5.32 Å². The molecule has 0 spiro atoms. The first kappa shape index (κ1) is 16.5. The smallest absolute Gasteiger partial charge is 0.230 e. The molecule has 0 unspecified atom stereocenters. The molecule has 1 amide bonds. The summed E-state index contributed by atoms with van der Waals surface area (Å²) in [6.45, 7) is 5.11. The van der Waals surface area contributed by atoms with Crippen molar-refractivity contribution < 1.29 is 9.90 Å². The van der Waals surface area contributed by atoms with Crippen LogP contribution in [0, 0.1) is 5.41 Å². The molecule has 0 bridgehead atoms. The second-order valence-corrected chi connectivity index (χ2v) is 7.36. The highest BCUT2D eigenvalue weighted by molar-refractivity contribution is 7.99. The standard InChI is InChI=1S/C14H23NO2S2/c1-14(2,6-4-7-16)11-15-13(17)10-18-9-12-5-3-8-19-12/h3,5,8,16H,4,6-7,9-11H2,1-2H3,(H,15,17). The van der Waals surface area contributed by atoms with Gasteiger partial charge in [0.2, 0.25) is 5.91 Å². The van der Waals surface area contributed by atoms with E-state index in [0.29, 0.717) is 12.3 Å². The van der Waals surface area contributed by atoms with Crippen LogP contribution in [0.3, 0.4) is 0 Å². The number of thioether (sulfide) groups is 1. The molecular formula is C14H23NO2S2. The van der Waals surface area contributed by atoms with Crippen molar-refractivity contribution in [2.45, 2.75) is 32.4 Å². The molecule has 1 rings (SSSR count). The van der Waals surface area contributed by atoms with Gasteiger partial charge < -0.3 is 10.4 Å². The Morgan fingerprint density at radius 1 is 1.53 bits per heavy atom. The van der Waals surface area contributed by atoms with Crippen molar-refractivity contribution in [3.63, 3.8) is 0 Å². The van der Waals surface area contributed by atoms with E-state index in [1.165, 1.54) is 4.88 Å². The Bertz CT molecular complexity index is 364. The minimum Gasteiger partial charge on any atom is -0.396 e. The molecule has 0 saturated heterocycles. The van der Waals surface area contributed by atoms with Gasteiger partial charge in [0, 0.05) is 23.8 Å². The second kappa shape index (κ2) is 8.61. The van der Waals surface area contributed by atoms with Crippen LogP contribution in [-0.4, -0.2) is 29.9 Å². The Balaban J connectivity index is 2.13. The molecule has 0 saturated carbocycles. The van der Waals surface area contributed by atoms with E-state index in [4.69, 9.17) is 5.11 Å². The molecule has 0 radical (unpaired) electrons. The number of amides is 1. The van der Waals surface area contributed by atoms with Crippen molar-refractivity contribution >= 4 is 29.0 Å². The average molecular weight is 301 g/mol. The van der Waals surface area contributed by atoms with Crippen LogP contribution >= 0.6 is 23.1 Å². The van der Waals surface area contributed by atoms with Crippen molar-refractivity contribution in [3.05, 3.63) is 22.4 Å². The predicted molar refractivity (Wildman–Crippen MR) is 83.6 cm³/mol. The van der Waals surface area contributed by atoms with Gasteiger partial charge in [0.15, 0.2) is 0 Å². The van der Waals surface area contributed by atoms with Gasteiger partial charge in [0.1, 0.15) is 0 Å². The Morgan fingerprint density at radius 3 is 2.95 bits per heavy atom. The maximum absolute atomic E-state index is 11.7. The Labute approximate surface area is 123 Å². The fourth-order valence-electron chi connectivity index (χ4n) is 1.67. The lowest BCUT2D eigenvalue weighted by Gasteiger charge is -2.24. The Hall–Kier alpha value is -0.520. The van der Waals surface area contributed by atoms with E-state index in [2.05, 4.69) is 30.6 Å². The zero-order chi connectivity index (χ0) is 14.1. The number of nitrogens with one attached hydrogen (secondary N) is 1. The molecule has 1 heterocycles. The van der Waals surface area contributed by atoms with Gasteiger partial charge in [0.25, 0.3) is 0 Å². The SMILES string of the molecule is CC(C)(CCCO)CNC(=O)CSCc1cccs1. The first-order chi connectivity index (χ1) is 9.03. The number of carbonyl (C=O) groups excluding carboxylic acids is 1. The highest BCUT2D eigenvalue weighted by Crippen LogP contribution is 2.21. The number of carbonyl (C=O) groups is 1. The van der Waals surface area contributed by atoms with Gasteiger partial charge in [0.05, 0.1) is 5.75 Å². The molecule has 3 nitrogen and oxygen atoms in total. The summed E-state index contributed by atoms with van der Waals surface area (Å²) >= 11 is 3.37. The van der Waals surface area contributed by atoms with E-state index in [1.54, 1.807) is 23.1 Å². The summed E-state index contributed by atoms with van der Waals surface area (Å²) in [5.74, 6) is 1.51. The fraction of sp³-hybridized carbons (Fsp3) is 0.643. The van der Waals surface area contributed by atoms with Gasteiger partial charge in [-0.05, 0) is 29.7 Å². The Morgan fingerprint density at radius 2 is 2.32 bits per heavy atom. The van der Waals surface area contributed by atoms with Crippen LogP contribution in [0.5, 0.6) is 0 Å². The molecule has 0 aliphatic heterocycles. The monoisotopic (exact) mass is 301 g/mol. The number of hydrogen-bond donors (Lipinski definition) is 2. The molecule has 19 heavy (non-hydrogen) atoms. The molecule has 0 atom stereocenters. The quantitative estimate of drug-likeness (QED) is 0.737. The molecule has 0 aliphatic rings. The highest BCUT2D eigenvalue weighted by atomic mass is 32.2. The molecule has 0 aliphatic carbocycles. The van der Waals surface area contributed by atoms with E-state index in [0.717, 1.165) is 18.6 Å². The topological polar surface area (TPSA) is 49.3 Å². The maximum Gasteiger partial charge on any atom is 0.230 e. The first-order valence-corrected chi connectivity index (χ1v) is 8.54. The molecule has 0 aromatic carbocycles. The van der Waals surface area contributed by atoms with E-state index < -0.39 is 0 Å². The Kier molecular flexibility index (Phi) is 7.49. The number of hydrogen-bond acceptors (Lipinski definition) is 4. The average Bonchev–Trinajstić information content (AvgIpc) is 2.87. The first-order valence-electron chi connectivity index (χ1n) is 6.51. The summed E-state index contributed by atoms with van der Waals surface area (Å²) in [6, 6.07) is 4.12. The lowest BCUT2D eigenvalue weighted by Crippen LogP contribution is -2.35. The summed E-state index contributed by atoms with van der Waals surface area (Å²) in [4.78, 5) is 13.0. The second-order valence-electron chi connectivity index (χ2n) is 5.34. The maximum atomic E-state index is 11.7. The van der Waals surface area contributed by atoms with Crippen molar-refractivity contribution in [3.8, 4) is 0 Å². The van der Waals surface area contributed by atoms with Gasteiger partial charge >= 0.3 is 0 Å². The van der Waals surface area contributed by atoms with Gasteiger partial charge in [-0.25, -0.2) is 0 Å². The molecule has 5 heteroatoms. The third-order valence-electron chi connectivity index (χ3n) is 2.83. The highest BCUT2D eigenvalue weighted by Gasteiger charge is 2.18. The van der Waals surface area contributed by atoms with Crippen LogP contribution in [-0.2, 0) is 10.5 Å². The van der Waals surface area contributed by atoms with Crippen molar-refractivity contribution in [1.29, 1.82) is 0 Å². The van der Waals surface area contributed by atoms with Gasteiger partial charge in [-0.3, -0.25) is 4.79 Å². The van der Waals surface area contributed by atoms with Gasteiger partial charge in [-0.15, -0.1) is 23.1 Å². The minimum atomic E-state index is 0.0524. The van der Waals surface area contributed by atoms with Gasteiger partial charge in [-0.2, -0.15) is 0 Å². The van der Waals surface area contributed by atoms with E-state index in [9.17, 15) is 4.79 Å². The number of aliphatic hydroxyl groups excluding tert-OH is 1. The molecular weight excluding hydrogens is 278 g/mol. The minimum absolute atomic E-state index is 0.0524. The number of thiophene rings is 1. The van der Waals surface area contributed by atoms with Crippen LogP contribution in [0.25, 0.3) is 0 Å². The molecule has 0 fully saturated rings. The number of aliphatic hydroxyl groups is 1. The molecule has 1 aromatic rings. The summed E-state index contributed by atoms with van der Waals surface area (Å²) < 4.78 is 0. The van der Waals surface area contributed by atoms with Crippen LogP contribution in [0.15, 0.2) is 17.5 Å². The summed E-state index contributed by atoms with van der Waals surface area (Å²) in [6.07, 6.45) is 1.71. The third kappa shape index (κ3) is 7.60. The zero-order valence-electron chi connectivity index (χ0n) is 11.6. The molecule has 1 aromatic heterocycles. The van der Waals surface area contributed by atoms with Crippen molar-refractivity contribution in [1.82, 2.24) is 5.32 Å². The van der Waals surface area contributed by atoms with Crippen LogP contribution in [0.4, 0.5) is 0 Å². The largest absolute Gasteiger partial charge is 0.396 e. The van der Waals surface area contributed by atoms with Crippen LogP contribution in [0.2, 0.25) is 0 Å².